The lowest BCUT2D eigenvalue weighted by atomic mass is 10.7. The zero-order valence-corrected chi connectivity index (χ0v) is 13.4. The molecule has 0 atom stereocenters. The number of aliphatic carboxylic acids is 4. The molecule has 0 aliphatic carbocycles. The fourth-order valence-corrected chi connectivity index (χ4v) is 0. The smallest absolute Gasteiger partial charge is 0.300 e. The van der Waals surface area contributed by atoms with Crippen LogP contribution in [0, 0.1) is 0 Å². The molecule has 0 aliphatic rings. The maximum absolute atomic E-state index is 9.00. The maximum atomic E-state index is 9.00. The van der Waals surface area contributed by atoms with Crippen molar-refractivity contribution in [1.82, 2.24) is 0 Å². The first-order chi connectivity index (χ1) is 10.3. The Kier molecular flexibility index (Phi) is 68.7. The van der Waals surface area contributed by atoms with E-state index in [0.717, 1.165) is 27.7 Å². The molecule has 0 saturated carbocycles. The molecule has 0 bridgehead atoms. The molecule has 23 heavy (non-hydrogen) atoms. The van der Waals surface area contributed by atoms with Gasteiger partial charge in [0.1, 0.15) is 0 Å². The third-order valence-electron chi connectivity index (χ3n) is 0.167. The van der Waals surface area contributed by atoms with E-state index in [4.69, 9.17) is 61.0 Å². The number of hydrogen-bond donors (Lipinski definition) is 7. The molecular formula is C11H26N2O10. The standard InChI is InChI=1S/C2H8N2.4C2H4O2.CH2O2/c3-1-2-4;4*1-2(3)4;2-1-3/h1-4H2;4*1H3,(H,3,4);1H,(H,2,3). The monoisotopic (exact) mass is 346 g/mol. The fraction of sp³-hybridized carbons (Fsp3) is 0.545. The summed E-state index contributed by atoms with van der Waals surface area (Å²) in [5.74, 6) is -3.33. The van der Waals surface area contributed by atoms with Crippen molar-refractivity contribution in [3.63, 3.8) is 0 Å². The normalized spacial score (nSPS) is 6.17. The SMILES string of the molecule is CC(=O)O.CC(=O)O.CC(=O)O.CC(=O)O.NCCN.O=CO. The molecule has 12 nitrogen and oxygen atoms in total. The summed E-state index contributed by atoms with van der Waals surface area (Å²) in [7, 11) is 0. The topological polar surface area (TPSA) is 239 Å². The average molecular weight is 346 g/mol. The first-order valence-electron chi connectivity index (χ1n) is 5.52. The van der Waals surface area contributed by atoms with Crippen LogP contribution in [0.15, 0.2) is 0 Å². The lowest BCUT2D eigenvalue weighted by molar-refractivity contribution is -0.135. The highest BCUT2D eigenvalue weighted by atomic mass is 16.4. The van der Waals surface area contributed by atoms with E-state index in [1.807, 2.05) is 0 Å². The third-order valence-corrected chi connectivity index (χ3v) is 0.167. The molecule has 0 aromatic heterocycles. The minimum absolute atomic E-state index is 0.250. The lowest BCUT2D eigenvalue weighted by Crippen LogP contribution is -2.11. The zero-order chi connectivity index (χ0) is 20.4. The Labute approximate surface area is 133 Å². The summed E-state index contributed by atoms with van der Waals surface area (Å²) in [6.07, 6.45) is 0. The molecule has 140 valence electrons. The summed E-state index contributed by atoms with van der Waals surface area (Å²) in [4.78, 5) is 44.4. The Bertz CT molecular complexity index is 229. The van der Waals surface area contributed by atoms with Crippen molar-refractivity contribution < 1.29 is 49.5 Å². The first kappa shape index (κ1) is 37.0. The predicted molar refractivity (Wildman–Crippen MR) is 80.0 cm³/mol. The Balaban J connectivity index is -0.0000000378. The van der Waals surface area contributed by atoms with Crippen molar-refractivity contribution in [2.45, 2.75) is 27.7 Å². The Hall–Kier alpha value is -2.73. The summed E-state index contributed by atoms with van der Waals surface area (Å²) in [6, 6.07) is 0. The average Bonchev–Trinajstić information content (AvgIpc) is 2.26. The van der Waals surface area contributed by atoms with Gasteiger partial charge in [-0.25, -0.2) is 0 Å². The second-order valence-corrected chi connectivity index (χ2v) is 2.76. The first-order valence-corrected chi connectivity index (χ1v) is 5.52. The van der Waals surface area contributed by atoms with Gasteiger partial charge in [-0.05, 0) is 0 Å². The molecule has 12 heteroatoms. The molecule has 0 spiro atoms. The van der Waals surface area contributed by atoms with Gasteiger partial charge in [-0.2, -0.15) is 0 Å². The van der Waals surface area contributed by atoms with Gasteiger partial charge in [0.15, 0.2) is 0 Å². The van der Waals surface area contributed by atoms with Crippen molar-refractivity contribution in [2.75, 3.05) is 13.1 Å². The minimum atomic E-state index is -0.833. The number of nitrogens with two attached hydrogens (primary N) is 2. The van der Waals surface area contributed by atoms with Gasteiger partial charge in [-0.1, -0.05) is 0 Å². The molecule has 0 aliphatic heterocycles. The molecule has 0 aromatic carbocycles. The molecule has 0 rings (SSSR count). The van der Waals surface area contributed by atoms with E-state index < -0.39 is 23.9 Å². The maximum Gasteiger partial charge on any atom is 0.300 e. The molecule has 0 fully saturated rings. The Morgan fingerprint density at radius 3 is 0.739 bits per heavy atom. The van der Waals surface area contributed by atoms with Crippen molar-refractivity contribution >= 4 is 30.3 Å². The van der Waals surface area contributed by atoms with Crippen molar-refractivity contribution in [2.24, 2.45) is 11.5 Å². The second kappa shape index (κ2) is 42.7. The van der Waals surface area contributed by atoms with Crippen LogP contribution in [0.25, 0.3) is 0 Å². The van der Waals surface area contributed by atoms with Crippen LogP contribution in [-0.4, -0.2) is 69.0 Å². The van der Waals surface area contributed by atoms with Crippen LogP contribution in [0.3, 0.4) is 0 Å². The molecular weight excluding hydrogens is 320 g/mol. The zero-order valence-electron chi connectivity index (χ0n) is 13.4. The molecule has 9 N–H and O–H groups in total. The van der Waals surface area contributed by atoms with Crippen LogP contribution in [0.5, 0.6) is 0 Å². The number of carboxylic acid groups (broad SMARTS) is 5. The van der Waals surface area contributed by atoms with Crippen LogP contribution < -0.4 is 11.5 Å². The van der Waals surface area contributed by atoms with Crippen LogP contribution in [0.4, 0.5) is 0 Å². The van der Waals surface area contributed by atoms with Gasteiger partial charge < -0.3 is 37.0 Å². The highest BCUT2D eigenvalue weighted by molar-refractivity contribution is 5.63. The number of rotatable bonds is 1. The van der Waals surface area contributed by atoms with Gasteiger partial charge in [-0.3, -0.25) is 24.0 Å². The molecule has 0 aromatic rings. The summed E-state index contributed by atoms with van der Waals surface area (Å²) >= 11 is 0. The number of carboxylic acids is 4. The molecule has 0 heterocycles. The summed E-state index contributed by atoms with van der Waals surface area (Å²) in [6.45, 7) is 5.28. The Morgan fingerprint density at radius 2 is 0.739 bits per heavy atom. The van der Waals surface area contributed by atoms with Gasteiger partial charge in [0, 0.05) is 40.8 Å². The summed E-state index contributed by atoms with van der Waals surface area (Å²) in [5.41, 5.74) is 9.81. The van der Waals surface area contributed by atoms with Crippen molar-refractivity contribution in [1.29, 1.82) is 0 Å². The highest BCUT2D eigenvalue weighted by Crippen LogP contribution is 1.43. The quantitative estimate of drug-likeness (QED) is 0.282. The second-order valence-electron chi connectivity index (χ2n) is 2.76. The summed E-state index contributed by atoms with van der Waals surface area (Å²) < 4.78 is 0. The van der Waals surface area contributed by atoms with E-state index in [1.54, 1.807) is 0 Å². The minimum Gasteiger partial charge on any atom is -0.483 e. The largest absolute Gasteiger partial charge is 0.483 e. The molecule has 0 saturated heterocycles. The van der Waals surface area contributed by atoms with Gasteiger partial charge in [0.05, 0.1) is 0 Å². The van der Waals surface area contributed by atoms with Crippen molar-refractivity contribution in [3.05, 3.63) is 0 Å². The third kappa shape index (κ3) is 1920. The number of carbonyl (C=O) groups is 5. The van der Waals surface area contributed by atoms with E-state index in [0.29, 0.717) is 13.1 Å². The van der Waals surface area contributed by atoms with Crippen molar-refractivity contribution in [3.8, 4) is 0 Å². The highest BCUT2D eigenvalue weighted by Gasteiger charge is 1.66. The number of hydrogen-bond acceptors (Lipinski definition) is 7. The van der Waals surface area contributed by atoms with Gasteiger partial charge >= 0.3 is 0 Å². The predicted octanol–water partition coefficient (Wildman–Crippen LogP) is -1.03. The van der Waals surface area contributed by atoms with E-state index in [9.17, 15) is 0 Å². The van der Waals surface area contributed by atoms with Crippen LogP contribution in [-0.2, 0) is 24.0 Å². The molecule has 0 radical (unpaired) electrons. The van der Waals surface area contributed by atoms with Gasteiger partial charge in [-0.15, -0.1) is 0 Å². The van der Waals surface area contributed by atoms with E-state index in [1.165, 1.54) is 0 Å². The van der Waals surface area contributed by atoms with E-state index in [-0.39, 0.29) is 6.47 Å². The van der Waals surface area contributed by atoms with Crippen LogP contribution in [0.1, 0.15) is 27.7 Å². The fourth-order valence-electron chi connectivity index (χ4n) is 0. The van der Waals surface area contributed by atoms with Gasteiger partial charge in [0.25, 0.3) is 30.3 Å². The molecule has 0 amide bonds. The summed E-state index contributed by atoms with van der Waals surface area (Å²) in [5, 5.41) is 36.6. The molecule has 0 unspecified atom stereocenters. The lowest BCUT2D eigenvalue weighted by Gasteiger charge is -1.72. The van der Waals surface area contributed by atoms with Crippen LogP contribution >= 0.6 is 0 Å². The Morgan fingerprint density at radius 1 is 0.696 bits per heavy atom. The van der Waals surface area contributed by atoms with Crippen LogP contribution in [0.2, 0.25) is 0 Å². The van der Waals surface area contributed by atoms with E-state index in [2.05, 4.69) is 0 Å². The van der Waals surface area contributed by atoms with E-state index >= 15 is 0 Å². The van der Waals surface area contributed by atoms with Gasteiger partial charge in [0.2, 0.25) is 0 Å².